The second-order valence-corrected chi connectivity index (χ2v) is 6.28. The molecule has 130 valence electrons. The van der Waals surface area contributed by atoms with Gasteiger partial charge in [0.1, 0.15) is 5.69 Å². The van der Waals surface area contributed by atoms with E-state index in [4.69, 9.17) is 0 Å². The summed E-state index contributed by atoms with van der Waals surface area (Å²) in [7, 11) is 0. The number of piperidine rings is 1. The molecule has 1 aliphatic heterocycles. The topological polar surface area (TPSA) is 62.3 Å². The third-order valence-electron chi connectivity index (χ3n) is 4.39. The molecule has 24 heavy (non-hydrogen) atoms. The molecule has 1 saturated carbocycles. The maximum atomic E-state index is 12.5. The summed E-state index contributed by atoms with van der Waals surface area (Å²) in [6.45, 7) is 1.20. The highest BCUT2D eigenvalue weighted by Crippen LogP contribution is 2.32. The number of rotatable bonds is 3. The van der Waals surface area contributed by atoms with Crippen molar-refractivity contribution in [3.63, 3.8) is 0 Å². The van der Waals surface area contributed by atoms with E-state index in [1.54, 1.807) is 0 Å². The number of nitrogens with zero attached hydrogens (tertiary/aromatic N) is 2. The van der Waals surface area contributed by atoms with Crippen molar-refractivity contribution >= 4 is 11.8 Å². The Hall–Kier alpha value is -2.12. The van der Waals surface area contributed by atoms with Crippen LogP contribution in [0.25, 0.3) is 0 Å². The monoisotopic (exact) mass is 341 g/mol. The molecule has 2 aliphatic rings. The summed E-state index contributed by atoms with van der Waals surface area (Å²) in [5, 5.41) is 2.78. The minimum Gasteiger partial charge on any atom is -0.348 e. The number of amides is 2. The van der Waals surface area contributed by atoms with Crippen LogP contribution in [0, 0.1) is 5.92 Å². The molecule has 1 aromatic rings. The predicted octanol–water partition coefficient (Wildman–Crippen LogP) is 2.23. The summed E-state index contributed by atoms with van der Waals surface area (Å²) in [6, 6.07) is 1.83. The van der Waals surface area contributed by atoms with Crippen molar-refractivity contribution in [1.29, 1.82) is 0 Å². The summed E-state index contributed by atoms with van der Waals surface area (Å²) in [4.78, 5) is 29.5. The molecule has 0 atom stereocenters. The maximum absolute atomic E-state index is 12.5. The van der Waals surface area contributed by atoms with Gasteiger partial charge in [0.05, 0.1) is 5.56 Å². The van der Waals surface area contributed by atoms with Gasteiger partial charge in [-0.1, -0.05) is 0 Å². The zero-order valence-corrected chi connectivity index (χ0v) is 13.0. The van der Waals surface area contributed by atoms with E-state index in [1.807, 2.05) is 4.90 Å². The number of likely N-dealkylation sites (tertiary alicyclic amines) is 1. The third kappa shape index (κ3) is 3.85. The van der Waals surface area contributed by atoms with Gasteiger partial charge < -0.3 is 10.2 Å². The zero-order chi connectivity index (χ0) is 17.3. The second-order valence-electron chi connectivity index (χ2n) is 6.28. The number of carbonyl (C=O) groups is 2. The largest absolute Gasteiger partial charge is 0.417 e. The lowest BCUT2D eigenvalue weighted by Gasteiger charge is -2.32. The Morgan fingerprint density at radius 1 is 1.12 bits per heavy atom. The Morgan fingerprint density at radius 3 is 2.29 bits per heavy atom. The lowest BCUT2D eigenvalue weighted by Crippen LogP contribution is -2.47. The number of hydrogen-bond donors (Lipinski definition) is 1. The van der Waals surface area contributed by atoms with Crippen molar-refractivity contribution in [2.24, 2.45) is 5.92 Å². The van der Waals surface area contributed by atoms with Gasteiger partial charge in [0.25, 0.3) is 5.91 Å². The van der Waals surface area contributed by atoms with Crippen LogP contribution in [0.3, 0.4) is 0 Å². The quantitative estimate of drug-likeness (QED) is 0.917. The minimum absolute atomic E-state index is 0.0421. The van der Waals surface area contributed by atoms with Crippen LogP contribution in [-0.4, -0.2) is 40.8 Å². The number of carbonyl (C=O) groups excluding carboxylic acids is 2. The smallest absolute Gasteiger partial charge is 0.348 e. The third-order valence-corrected chi connectivity index (χ3v) is 4.39. The molecule has 1 N–H and O–H groups in total. The average Bonchev–Trinajstić information content (AvgIpc) is 3.39. The van der Waals surface area contributed by atoms with Gasteiger partial charge in [-0.25, -0.2) is 0 Å². The summed E-state index contributed by atoms with van der Waals surface area (Å²) in [5.74, 6) is -0.104. The molecule has 0 radical (unpaired) electrons. The SMILES string of the molecule is O=C(NC1CCN(C(=O)C2CC2)CC1)c1ccc(C(F)(F)F)cn1. The first-order valence-corrected chi connectivity index (χ1v) is 7.97. The summed E-state index contributed by atoms with van der Waals surface area (Å²) in [5.41, 5.74) is -0.926. The molecule has 2 heterocycles. The first-order valence-electron chi connectivity index (χ1n) is 7.97. The Kier molecular flexibility index (Phi) is 4.47. The standard InChI is InChI=1S/C16H18F3N3O2/c17-16(18,19)11-3-4-13(20-9-11)14(23)21-12-5-7-22(8-6-12)15(24)10-1-2-10/h3-4,9-10,12H,1-2,5-8H2,(H,21,23). The minimum atomic E-state index is -4.47. The lowest BCUT2D eigenvalue weighted by molar-refractivity contribution is -0.138. The highest BCUT2D eigenvalue weighted by molar-refractivity contribution is 5.92. The fourth-order valence-corrected chi connectivity index (χ4v) is 2.79. The van der Waals surface area contributed by atoms with E-state index < -0.39 is 17.6 Å². The van der Waals surface area contributed by atoms with Crippen molar-refractivity contribution < 1.29 is 22.8 Å². The van der Waals surface area contributed by atoms with Crippen molar-refractivity contribution in [2.45, 2.75) is 37.9 Å². The van der Waals surface area contributed by atoms with E-state index in [-0.39, 0.29) is 23.6 Å². The number of alkyl halides is 3. The zero-order valence-electron chi connectivity index (χ0n) is 13.0. The molecule has 2 amide bonds. The van der Waals surface area contributed by atoms with Crippen LogP contribution in [0.2, 0.25) is 0 Å². The molecule has 1 aliphatic carbocycles. The van der Waals surface area contributed by atoms with Crippen LogP contribution in [0.15, 0.2) is 18.3 Å². The molecule has 1 saturated heterocycles. The lowest BCUT2D eigenvalue weighted by atomic mass is 10.0. The van der Waals surface area contributed by atoms with Crippen LogP contribution in [0.1, 0.15) is 41.7 Å². The summed E-state index contributed by atoms with van der Waals surface area (Å²) in [6.07, 6.45) is -0.589. The highest BCUT2D eigenvalue weighted by atomic mass is 19.4. The summed E-state index contributed by atoms with van der Waals surface area (Å²) >= 11 is 0. The van der Waals surface area contributed by atoms with Crippen LogP contribution in [0.5, 0.6) is 0 Å². The Morgan fingerprint density at radius 2 is 1.79 bits per heavy atom. The molecule has 8 heteroatoms. The van der Waals surface area contributed by atoms with Gasteiger partial charge in [-0.2, -0.15) is 13.2 Å². The fraction of sp³-hybridized carbons (Fsp3) is 0.562. The molecular formula is C16H18F3N3O2. The van der Waals surface area contributed by atoms with E-state index in [2.05, 4.69) is 10.3 Å². The molecular weight excluding hydrogens is 323 g/mol. The van der Waals surface area contributed by atoms with Gasteiger partial charge in [0.15, 0.2) is 0 Å². The van der Waals surface area contributed by atoms with Crippen LogP contribution in [-0.2, 0) is 11.0 Å². The predicted molar refractivity (Wildman–Crippen MR) is 79.0 cm³/mol. The second kappa shape index (κ2) is 6.41. The van der Waals surface area contributed by atoms with Crippen molar-refractivity contribution in [3.8, 4) is 0 Å². The average molecular weight is 341 g/mol. The van der Waals surface area contributed by atoms with E-state index in [0.717, 1.165) is 25.0 Å². The molecule has 0 spiro atoms. The number of nitrogens with one attached hydrogen (secondary N) is 1. The van der Waals surface area contributed by atoms with Crippen molar-refractivity contribution in [1.82, 2.24) is 15.2 Å². The molecule has 0 unspecified atom stereocenters. The van der Waals surface area contributed by atoms with E-state index in [0.29, 0.717) is 32.1 Å². The van der Waals surface area contributed by atoms with E-state index >= 15 is 0 Å². The fourth-order valence-electron chi connectivity index (χ4n) is 2.79. The number of aromatic nitrogens is 1. The van der Waals surface area contributed by atoms with Gasteiger partial charge in [-0.05, 0) is 37.8 Å². The van der Waals surface area contributed by atoms with E-state index in [1.165, 1.54) is 0 Å². The molecule has 1 aromatic heterocycles. The molecule has 3 rings (SSSR count). The highest BCUT2D eigenvalue weighted by Gasteiger charge is 2.35. The first-order chi connectivity index (χ1) is 11.3. The van der Waals surface area contributed by atoms with Gasteiger partial charge in [0.2, 0.25) is 5.91 Å². The number of halogens is 3. The molecule has 0 aromatic carbocycles. The summed E-state index contributed by atoms with van der Waals surface area (Å²) < 4.78 is 37.5. The Bertz CT molecular complexity index is 618. The maximum Gasteiger partial charge on any atom is 0.417 e. The van der Waals surface area contributed by atoms with Crippen LogP contribution < -0.4 is 5.32 Å². The van der Waals surface area contributed by atoms with E-state index in [9.17, 15) is 22.8 Å². The Balaban J connectivity index is 1.51. The van der Waals surface area contributed by atoms with Crippen LogP contribution >= 0.6 is 0 Å². The van der Waals surface area contributed by atoms with Gasteiger partial charge in [-0.3, -0.25) is 14.6 Å². The van der Waals surface area contributed by atoms with Crippen molar-refractivity contribution in [3.05, 3.63) is 29.6 Å². The normalized spacial score (nSPS) is 19.2. The van der Waals surface area contributed by atoms with Gasteiger partial charge >= 0.3 is 6.18 Å². The van der Waals surface area contributed by atoms with Crippen molar-refractivity contribution in [2.75, 3.05) is 13.1 Å². The Labute approximate surface area is 137 Å². The van der Waals surface area contributed by atoms with Gasteiger partial charge in [0, 0.05) is 31.2 Å². The number of hydrogen-bond acceptors (Lipinski definition) is 3. The molecule has 5 nitrogen and oxygen atoms in total. The van der Waals surface area contributed by atoms with Gasteiger partial charge in [-0.15, -0.1) is 0 Å². The number of pyridine rings is 1. The first kappa shape index (κ1) is 16.7. The van der Waals surface area contributed by atoms with Crippen LogP contribution in [0.4, 0.5) is 13.2 Å². The molecule has 2 fully saturated rings. The molecule has 0 bridgehead atoms.